The Balaban J connectivity index is 1.73. The third kappa shape index (κ3) is 4.80. The number of carbonyl (C=O) groups is 2. The van der Waals surface area contributed by atoms with Crippen molar-refractivity contribution in [3.63, 3.8) is 0 Å². The van der Waals surface area contributed by atoms with Crippen molar-refractivity contribution in [2.75, 3.05) is 35.2 Å². The van der Waals surface area contributed by atoms with Crippen LogP contribution in [0.1, 0.15) is 19.4 Å². The van der Waals surface area contributed by atoms with Gasteiger partial charge < -0.3 is 15.0 Å². The van der Waals surface area contributed by atoms with Gasteiger partial charge in [0.05, 0.1) is 4.90 Å². The fourth-order valence-corrected chi connectivity index (χ4v) is 4.19. The van der Waals surface area contributed by atoms with Crippen LogP contribution in [0.2, 0.25) is 0 Å². The SMILES string of the molecule is COCC(=O)N1CCc2cc(NS(=O)(=O)c3ccc(NC(=O)C(C)C)cc3)ccc21. The Hall–Kier alpha value is -2.91. The fraction of sp³-hybridized carbons (Fsp3) is 0.333. The zero-order chi connectivity index (χ0) is 21.9. The van der Waals surface area contributed by atoms with E-state index in [1.54, 1.807) is 49.1 Å². The summed E-state index contributed by atoms with van der Waals surface area (Å²) in [4.78, 5) is 25.6. The quantitative estimate of drug-likeness (QED) is 0.701. The Kier molecular flexibility index (Phi) is 6.42. The smallest absolute Gasteiger partial charge is 0.261 e. The number of nitrogens with zero attached hydrogens (tertiary/aromatic N) is 1. The molecule has 2 N–H and O–H groups in total. The first-order valence-corrected chi connectivity index (χ1v) is 11.1. The normalized spacial score (nSPS) is 13.3. The van der Waals surface area contributed by atoms with E-state index in [9.17, 15) is 18.0 Å². The largest absolute Gasteiger partial charge is 0.375 e. The Labute approximate surface area is 176 Å². The molecule has 0 fully saturated rings. The summed E-state index contributed by atoms with van der Waals surface area (Å²) in [7, 11) is -2.32. The maximum Gasteiger partial charge on any atom is 0.261 e. The lowest BCUT2D eigenvalue weighted by Crippen LogP contribution is -2.31. The molecule has 2 aromatic carbocycles. The topological polar surface area (TPSA) is 105 Å². The van der Waals surface area contributed by atoms with Crippen LogP contribution in [0.3, 0.4) is 0 Å². The van der Waals surface area contributed by atoms with Crippen LogP contribution in [-0.2, 0) is 30.8 Å². The second-order valence-electron chi connectivity index (χ2n) is 7.35. The number of hydrogen-bond donors (Lipinski definition) is 2. The van der Waals surface area contributed by atoms with E-state index in [1.165, 1.54) is 19.2 Å². The molecule has 2 amide bonds. The van der Waals surface area contributed by atoms with Crippen LogP contribution < -0.4 is 14.9 Å². The molecule has 1 aliphatic rings. The van der Waals surface area contributed by atoms with Crippen LogP contribution >= 0.6 is 0 Å². The van der Waals surface area contributed by atoms with Gasteiger partial charge in [0.15, 0.2) is 0 Å². The van der Waals surface area contributed by atoms with E-state index in [4.69, 9.17) is 4.74 Å². The minimum absolute atomic E-state index is 0.00143. The molecule has 1 heterocycles. The van der Waals surface area contributed by atoms with Crippen LogP contribution in [0.25, 0.3) is 0 Å². The fourth-order valence-electron chi connectivity index (χ4n) is 3.14. The van der Waals surface area contributed by atoms with Crippen LogP contribution in [0.5, 0.6) is 0 Å². The first-order chi connectivity index (χ1) is 14.2. The number of fused-ring (bicyclic) bond motifs is 1. The Morgan fingerprint density at radius 2 is 1.77 bits per heavy atom. The molecular formula is C21H25N3O5S. The number of hydrogen-bond acceptors (Lipinski definition) is 5. The van der Waals surface area contributed by atoms with Gasteiger partial charge >= 0.3 is 0 Å². The van der Waals surface area contributed by atoms with Crippen LogP contribution in [0, 0.1) is 5.92 Å². The summed E-state index contributed by atoms with van der Waals surface area (Å²) in [5.74, 6) is -0.440. The van der Waals surface area contributed by atoms with Crippen molar-refractivity contribution in [2.24, 2.45) is 5.92 Å². The molecule has 3 rings (SSSR count). The molecule has 0 saturated heterocycles. The second kappa shape index (κ2) is 8.85. The molecular weight excluding hydrogens is 406 g/mol. The second-order valence-corrected chi connectivity index (χ2v) is 9.03. The Morgan fingerprint density at radius 1 is 1.10 bits per heavy atom. The lowest BCUT2D eigenvalue weighted by molar-refractivity contribution is -0.122. The van der Waals surface area contributed by atoms with Gasteiger partial charge in [-0.05, 0) is 54.4 Å². The number of sulfonamides is 1. The predicted octanol–water partition coefficient (Wildman–Crippen LogP) is 2.62. The van der Waals surface area contributed by atoms with Crippen molar-refractivity contribution in [1.29, 1.82) is 0 Å². The van der Waals surface area contributed by atoms with E-state index in [0.29, 0.717) is 24.3 Å². The van der Waals surface area contributed by atoms with E-state index >= 15 is 0 Å². The van der Waals surface area contributed by atoms with E-state index in [1.807, 2.05) is 0 Å². The lowest BCUT2D eigenvalue weighted by atomic mass is 10.1. The zero-order valence-electron chi connectivity index (χ0n) is 17.1. The molecule has 0 saturated carbocycles. The van der Waals surface area contributed by atoms with Gasteiger partial charge in [-0.15, -0.1) is 0 Å². The number of methoxy groups -OCH3 is 1. The monoisotopic (exact) mass is 431 g/mol. The third-order valence-corrected chi connectivity index (χ3v) is 6.15. The number of amides is 2. The summed E-state index contributed by atoms with van der Waals surface area (Å²) < 4.78 is 32.9. The van der Waals surface area contributed by atoms with Crippen molar-refractivity contribution in [1.82, 2.24) is 0 Å². The molecule has 0 unspecified atom stereocenters. The summed E-state index contributed by atoms with van der Waals surface area (Å²) in [6.07, 6.45) is 0.643. The molecule has 0 aromatic heterocycles. The molecule has 0 bridgehead atoms. The summed E-state index contributed by atoms with van der Waals surface area (Å²) in [6, 6.07) is 11.1. The highest BCUT2D eigenvalue weighted by Gasteiger charge is 2.25. The highest BCUT2D eigenvalue weighted by molar-refractivity contribution is 7.92. The Bertz CT molecular complexity index is 1050. The zero-order valence-corrected chi connectivity index (χ0v) is 18.0. The van der Waals surface area contributed by atoms with Crippen LogP contribution in [0.4, 0.5) is 17.1 Å². The number of carbonyl (C=O) groups excluding carboxylic acids is 2. The average Bonchev–Trinajstić information content (AvgIpc) is 3.11. The Morgan fingerprint density at radius 3 is 2.40 bits per heavy atom. The van der Waals surface area contributed by atoms with Crippen molar-refractivity contribution < 1.29 is 22.7 Å². The molecule has 1 aliphatic heterocycles. The first-order valence-electron chi connectivity index (χ1n) is 9.57. The summed E-state index contributed by atoms with van der Waals surface area (Å²) in [5.41, 5.74) is 2.62. The maximum absolute atomic E-state index is 12.7. The van der Waals surface area contributed by atoms with Crippen molar-refractivity contribution in [3.05, 3.63) is 48.0 Å². The van der Waals surface area contributed by atoms with Gasteiger partial charge in [-0.1, -0.05) is 13.8 Å². The summed E-state index contributed by atoms with van der Waals surface area (Å²) in [6.45, 7) is 4.10. The van der Waals surface area contributed by atoms with Gasteiger partial charge in [0.2, 0.25) is 5.91 Å². The van der Waals surface area contributed by atoms with Crippen LogP contribution in [-0.4, -0.2) is 40.5 Å². The molecule has 0 spiro atoms. The molecule has 0 aliphatic carbocycles. The lowest BCUT2D eigenvalue weighted by Gasteiger charge is -2.17. The van der Waals surface area contributed by atoms with Crippen LogP contribution in [0.15, 0.2) is 47.4 Å². The molecule has 30 heavy (non-hydrogen) atoms. The van der Waals surface area contributed by atoms with Gasteiger partial charge in [0.1, 0.15) is 6.61 Å². The van der Waals surface area contributed by atoms with Crippen molar-refractivity contribution >= 4 is 38.9 Å². The number of nitrogens with one attached hydrogen (secondary N) is 2. The minimum Gasteiger partial charge on any atom is -0.375 e. The van der Waals surface area contributed by atoms with E-state index in [-0.39, 0.29) is 29.2 Å². The first kappa shape index (κ1) is 21.8. The summed E-state index contributed by atoms with van der Waals surface area (Å²) >= 11 is 0. The van der Waals surface area contributed by atoms with Gasteiger partial charge in [0, 0.05) is 36.6 Å². The molecule has 8 nitrogen and oxygen atoms in total. The van der Waals surface area contributed by atoms with Crippen molar-refractivity contribution in [2.45, 2.75) is 25.2 Å². The molecule has 160 valence electrons. The maximum atomic E-state index is 12.7. The van der Waals surface area contributed by atoms with E-state index in [2.05, 4.69) is 10.0 Å². The summed E-state index contributed by atoms with van der Waals surface area (Å²) in [5, 5.41) is 2.72. The molecule has 9 heteroatoms. The molecule has 0 radical (unpaired) electrons. The van der Waals surface area contributed by atoms with Gasteiger partial charge in [0.25, 0.3) is 15.9 Å². The highest BCUT2D eigenvalue weighted by atomic mass is 32.2. The van der Waals surface area contributed by atoms with Gasteiger partial charge in [-0.3, -0.25) is 14.3 Å². The molecule has 2 aromatic rings. The van der Waals surface area contributed by atoms with Gasteiger partial charge in [-0.2, -0.15) is 0 Å². The number of ether oxygens (including phenoxy) is 1. The number of rotatable bonds is 7. The van der Waals surface area contributed by atoms with E-state index < -0.39 is 10.0 Å². The highest BCUT2D eigenvalue weighted by Crippen LogP contribution is 2.31. The van der Waals surface area contributed by atoms with Crippen molar-refractivity contribution in [3.8, 4) is 0 Å². The standard InChI is InChI=1S/C21H25N3O5S/c1-14(2)21(26)22-16-4-7-18(8-5-16)30(27,28)23-17-6-9-19-15(12-17)10-11-24(19)20(25)13-29-3/h4-9,12,14,23H,10-11,13H2,1-3H3,(H,22,26). The van der Waals surface area contributed by atoms with Gasteiger partial charge in [-0.25, -0.2) is 8.42 Å². The average molecular weight is 432 g/mol. The third-order valence-electron chi connectivity index (χ3n) is 4.75. The predicted molar refractivity (Wildman–Crippen MR) is 115 cm³/mol. The van der Waals surface area contributed by atoms with E-state index in [0.717, 1.165) is 11.3 Å². The number of benzene rings is 2. The minimum atomic E-state index is -3.79. The number of anilines is 3. The molecule has 0 atom stereocenters.